The van der Waals surface area contributed by atoms with Crippen molar-refractivity contribution in [3.63, 3.8) is 0 Å². The van der Waals surface area contributed by atoms with E-state index in [-0.39, 0.29) is 11.9 Å². The van der Waals surface area contributed by atoms with Gasteiger partial charge in [-0.25, -0.2) is 0 Å². The van der Waals surface area contributed by atoms with Crippen molar-refractivity contribution >= 4 is 5.91 Å². The van der Waals surface area contributed by atoms with Crippen molar-refractivity contribution in [3.8, 4) is 11.8 Å². The largest absolute Gasteiger partial charge is 0.379 e. The van der Waals surface area contributed by atoms with E-state index in [1.165, 1.54) is 0 Å². The van der Waals surface area contributed by atoms with Crippen molar-refractivity contribution in [1.82, 2.24) is 5.32 Å². The first-order valence-corrected chi connectivity index (χ1v) is 6.38. The van der Waals surface area contributed by atoms with E-state index in [4.69, 9.17) is 10.5 Å². The summed E-state index contributed by atoms with van der Waals surface area (Å²) in [5.41, 5.74) is 7.82. The number of rotatable bonds is 2. The lowest BCUT2D eigenvalue weighted by Crippen LogP contribution is -2.35. The van der Waals surface area contributed by atoms with E-state index in [0.29, 0.717) is 25.3 Å². The summed E-state index contributed by atoms with van der Waals surface area (Å²) in [5, 5.41) is 2.97. The van der Waals surface area contributed by atoms with E-state index in [9.17, 15) is 4.79 Å². The van der Waals surface area contributed by atoms with Crippen LogP contribution >= 0.6 is 0 Å². The minimum atomic E-state index is -0.0741. The fourth-order valence-electron chi connectivity index (χ4n) is 2.06. The van der Waals surface area contributed by atoms with Gasteiger partial charge in [0.15, 0.2) is 0 Å². The van der Waals surface area contributed by atoms with E-state index in [2.05, 4.69) is 17.2 Å². The summed E-state index contributed by atoms with van der Waals surface area (Å²) in [7, 11) is 0. The van der Waals surface area contributed by atoms with Crippen LogP contribution in [0.25, 0.3) is 0 Å². The zero-order valence-electron chi connectivity index (χ0n) is 11.0. The number of nitrogens with two attached hydrogens (primary N) is 1. The average molecular weight is 258 g/mol. The zero-order valence-corrected chi connectivity index (χ0v) is 11.0. The van der Waals surface area contributed by atoms with Gasteiger partial charge in [0.05, 0.1) is 19.2 Å². The molecule has 1 aromatic rings. The topological polar surface area (TPSA) is 64.4 Å². The molecule has 1 heterocycles. The number of aryl methyl sites for hydroxylation is 1. The second kappa shape index (κ2) is 6.37. The van der Waals surface area contributed by atoms with Crippen LogP contribution in [0.5, 0.6) is 0 Å². The van der Waals surface area contributed by atoms with E-state index in [1.54, 1.807) is 6.07 Å². The standard InChI is InChI=1S/C15H18N2O2/c1-11-7-12(3-2-5-16)9-13(8-11)15(18)17-14-4-6-19-10-14/h7-9,14H,4-6,10,16H2,1H3,(H,17,18). The van der Waals surface area contributed by atoms with Crippen LogP contribution < -0.4 is 11.1 Å². The number of hydrogen-bond donors (Lipinski definition) is 2. The van der Waals surface area contributed by atoms with Crippen LogP contribution in [0.15, 0.2) is 18.2 Å². The second-order valence-electron chi connectivity index (χ2n) is 4.63. The molecule has 2 rings (SSSR count). The van der Waals surface area contributed by atoms with Crippen LogP contribution in [0.3, 0.4) is 0 Å². The summed E-state index contributed by atoms with van der Waals surface area (Å²) in [6, 6.07) is 5.71. The molecule has 1 unspecified atom stereocenters. The highest BCUT2D eigenvalue weighted by Crippen LogP contribution is 2.11. The number of hydrogen-bond acceptors (Lipinski definition) is 3. The Hall–Kier alpha value is -1.83. The molecule has 0 aromatic heterocycles. The fraction of sp³-hybridized carbons (Fsp3) is 0.400. The molecule has 0 radical (unpaired) electrons. The van der Waals surface area contributed by atoms with Crippen LogP contribution in [0.2, 0.25) is 0 Å². The van der Waals surface area contributed by atoms with Gasteiger partial charge in [0.1, 0.15) is 0 Å². The predicted octanol–water partition coefficient (Wildman–Crippen LogP) is 0.824. The van der Waals surface area contributed by atoms with Crippen molar-refractivity contribution in [2.24, 2.45) is 5.73 Å². The molecule has 1 amide bonds. The van der Waals surface area contributed by atoms with E-state index in [1.807, 2.05) is 19.1 Å². The predicted molar refractivity (Wildman–Crippen MR) is 73.8 cm³/mol. The molecule has 4 nitrogen and oxygen atoms in total. The van der Waals surface area contributed by atoms with Gasteiger partial charge in [-0.05, 0) is 37.1 Å². The van der Waals surface area contributed by atoms with Crippen LogP contribution in [0, 0.1) is 18.8 Å². The molecular formula is C15H18N2O2. The van der Waals surface area contributed by atoms with Gasteiger partial charge >= 0.3 is 0 Å². The molecule has 4 heteroatoms. The van der Waals surface area contributed by atoms with Crippen molar-refractivity contribution in [2.45, 2.75) is 19.4 Å². The van der Waals surface area contributed by atoms with Gasteiger partial charge in [-0.2, -0.15) is 0 Å². The molecule has 1 aliphatic rings. The first kappa shape index (κ1) is 13.6. The average Bonchev–Trinajstić information content (AvgIpc) is 2.88. The summed E-state index contributed by atoms with van der Waals surface area (Å²) < 4.78 is 5.24. The Labute approximate surface area is 113 Å². The maximum absolute atomic E-state index is 12.1. The Morgan fingerprint density at radius 3 is 3.05 bits per heavy atom. The number of carbonyl (C=O) groups excluding carboxylic acids is 1. The molecule has 0 saturated carbocycles. The molecule has 0 spiro atoms. The number of ether oxygens (including phenoxy) is 1. The highest BCUT2D eigenvalue weighted by molar-refractivity contribution is 5.95. The molecule has 1 fully saturated rings. The summed E-state index contributed by atoms with van der Waals surface area (Å²) in [4.78, 5) is 12.1. The minimum absolute atomic E-state index is 0.0741. The van der Waals surface area contributed by atoms with Crippen LogP contribution in [0.4, 0.5) is 0 Å². The summed E-state index contributed by atoms with van der Waals surface area (Å²) in [6.45, 7) is 3.57. The van der Waals surface area contributed by atoms with E-state index in [0.717, 1.165) is 17.5 Å². The molecule has 3 N–H and O–H groups in total. The Balaban J connectivity index is 2.13. The Bertz CT molecular complexity index is 523. The summed E-state index contributed by atoms with van der Waals surface area (Å²) in [6.07, 6.45) is 0.872. The molecule has 19 heavy (non-hydrogen) atoms. The minimum Gasteiger partial charge on any atom is -0.379 e. The molecule has 1 aliphatic heterocycles. The van der Waals surface area contributed by atoms with Crippen LogP contribution in [0.1, 0.15) is 27.9 Å². The van der Waals surface area contributed by atoms with Gasteiger partial charge in [0.25, 0.3) is 5.91 Å². The number of amides is 1. The second-order valence-corrected chi connectivity index (χ2v) is 4.63. The Morgan fingerprint density at radius 1 is 1.53 bits per heavy atom. The molecule has 1 saturated heterocycles. The van der Waals surface area contributed by atoms with Gasteiger partial charge in [-0.15, -0.1) is 0 Å². The van der Waals surface area contributed by atoms with Gasteiger partial charge in [0.2, 0.25) is 0 Å². The maximum atomic E-state index is 12.1. The number of benzene rings is 1. The van der Waals surface area contributed by atoms with Crippen LogP contribution in [-0.2, 0) is 4.74 Å². The molecule has 0 aliphatic carbocycles. The maximum Gasteiger partial charge on any atom is 0.251 e. The third kappa shape index (κ3) is 3.82. The van der Waals surface area contributed by atoms with E-state index < -0.39 is 0 Å². The highest BCUT2D eigenvalue weighted by Gasteiger charge is 2.18. The smallest absolute Gasteiger partial charge is 0.251 e. The fourth-order valence-corrected chi connectivity index (χ4v) is 2.06. The van der Waals surface area contributed by atoms with Gasteiger partial charge in [-0.3, -0.25) is 4.79 Å². The Morgan fingerprint density at radius 2 is 2.37 bits per heavy atom. The van der Waals surface area contributed by atoms with Crippen molar-refractivity contribution < 1.29 is 9.53 Å². The lowest BCUT2D eigenvalue weighted by molar-refractivity contribution is 0.0930. The zero-order chi connectivity index (χ0) is 13.7. The summed E-state index contributed by atoms with van der Waals surface area (Å²) >= 11 is 0. The highest BCUT2D eigenvalue weighted by atomic mass is 16.5. The van der Waals surface area contributed by atoms with Crippen molar-refractivity contribution in [3.05, 3.63) is 34.9 Å². The van der Waals surface area contributed by atoms with Crippen molar-refractivity contribution in [2.75, 3.05) is 19.8 Å². The van der Waals surface area contributed by atoms with Gasteiger partial charge < -0.3 is 15.8 Å². The summed E-state index contributed by atoms with van der Waals surface area (Å²) in [5.74, 6) is 5.68. The molecule has 1 aromatic carbocycles. The van der Waals surface area contributed by atoms with Gasteiger partial charge in [-0.1, -0.05) is 11.8 Å². The monoisotopic (exact) mass is 258 g/mol. The molecule has 1 atom stereocenters. The third-order valence-corrected chi connectivity index (χ3v) is 2.94. The Kier molecular flexibility index (Phi) is 4.56. The third-order valence-electron chi connectivity index (χ3n) is 2.94. The van der Waals surface area contributed by atoms with Crippen molar-refractivity contribution in [1.29, 1.82) is 0 Å². The normalized spacial score (nSPS) is 17.7. The van der Waals surface area contributed by atoms with Crippen LogP contribution in [-0.4, -0.2) is 31.7 Å². The lowest BCUT2D eigenvalue weighted by atomic mass is 10.1. The van der Waals surface area contributed by atoms with E-state index >= 15 is 0 Å². The van der Waals surface area contributed by atoms with Gasteiger partial charge in [0, 0.05) is 17.7 Å². The number of carbonyl (C=O) groups is 1. The number of nitrogens with one attached hydrogen (secondary N) is 1. The molecular weight excluding hydrogens is 240 g/mol. The SMILES string of the molecule is Cc1cc(C#CCN)cc(C(=O)NC2CCOC2)c1. The molecule has 100 valence electrons. The first-order valence-electron chi connectivity index (χ1n) is 6.38. The lowest BCUT2D eigenvalue weighted by Gasteiger charge is -2.11. The quantitative estimate of drug-likeness (QED) is 0.772. The molecule has 0 bridgehead atoms. The first-order chi connectivity index (χ1) is 9.19.